The maximum atomic E-state index is 12.5. The summed E-state index contributed by atoms with van der Waals surface area (Å²) in [5.74, 6) is 1.28. The molecule has 3 heterocycles. The minimum absolute atomic E-state index is 0.0776. The number of aliphatic hydroxyl groups excluding tert-OH is 1. The average Bonchev–Trinajstić information content (AvgIpc) is 3.01. The molecule has 0 unspecified atom stereocenters. The van der Waals surface area contributed by atoms with Crippen LogP contribution in [-0.4, -0.2) is 80.0 Å². The molecule has 6 nitrogen and oxygen atoms in total. The molecule has 1 N–H and O–H groups in total. The second-order valence-electron chi connectivity index (χ2n) is 7.06. The van der Waals surface area contributed by atoms with E-state index in [2.05, 4.69) is 11.0 Å². The van der Waals surface area contributed by atoms with Crippen molar-refractivity contribution in [2.45, 2.75) is 5.92 Å². The number of para-hydroxylation sites is 1. The molecule has 2 fully saturated rings. The molecule has 24 heavy (non-hydrogen) atoms. The smallest absolute Gasteiger partial charge is 0.236 e. The van der Waals surface area contributed by atoms with E-state index in [1.807, 2.05) is 23.1 Å². The van der Waals surface area contributed by atoms with Crippen molar-refractivity contribution in [3.63, 3.8) is 0 Å². The number of likely N-dealkylation sites (tertiary alicyclic amines) is 1. The van der Waals surface area contributed by atoms with Crippen molar-refractivity contribution in [2.75, 3.05) is 59.2 Å². The van der Waals surface area contributed by atoms with Crippen LogP contribution in [0.3, 0.4) is 0 Å². The molecule has 4 rings (SSSR count). The zero-order valence-corrected chi connectivity index (χ0v) is 13.8. The molecule has 0 saturated carbocycles. The van der Waals surface area contributed by atoms with Crippen LogP contribution in [0.25, 0.3) is 0 Å². The fourth-order valence-corrected chi connectivity index (χ4v) is 4.20. The first kappa shape index (κ1) is 15.9. The van der Waals surface area contributed by atoms with Crippen LogP contribution in [0.15, 0.2) is 24.3 Å². The van der Waals surface area contributed by atoms with E-state index in [9.17, 15) is 9.90 Å². The molecule has 2 atom stereocenters. The van der Waals surface area contributed by atoms with Gasteiger partial charge in [0.05, 0.1) is 33.0 Å². The maximum Gasteiger partial charge on any atom is 0.236 e. The topological polar surface area (TPSA) is 62.2 Å². The van der Waals surface area contributed by atoms with Crippen LogP contribution in [0.5, 0.6) is 5.75 Å². The molecule has 1 aromatic rings. The van der Waals surface area contributed by atoms with E-state index >= 15 is 0 Å². The third-order valence-electron chi connectivity index (χ3n) is 5.57. The van der Waals surface area contributed by atoms with E-state index in [-0.39, 0.29) is 23.8 Å². The Hall–Kier alpha value is -1.63. The third-order valence-corrected chi connectivity index (χ3v) is 5.57. The molecule has 0 aromatic heterocycles. The molecule has 0 aliphatic carbocycles. The summed E-state index contributed by atoms with van der Waals surface area (Å²) >= 11 is 0. The van der Waals surface area contributed by atoms with Gasteiger partial charge in [-0.3, -0.25) is 9.69 Å². The summed E-state index contributed by atoms with van der Waals surface area (Å²) in [6.07, 6.45) is 0. The molecule has 1 amide bonds. The van der Waals surface area contributed by atoms with E-state index in [0.29, 0.717) is 46.0 Å². The number of benzene rings is 1. The van der Waals surface area contributed by atoms with Crippen molar-refractivity contribution in [3.05, 3.63) is 29.8 Å². The summed E-state index contributed by atoms with van der Waals surface area (Å²) in [7, 11) is 0. The summed E-state index contributed by atoms with van der Waals surface area (Å²) < 4.78 is 11.2. The largest absolute Gasteiger partial charge is 0.493 e. The van der Waals surface area contributed by atoms with Crippen molar-refractivity contribution >= 4 is 5.91 Å². The molecule has 2 saturated heterocycles. The first-order valence-corrected chi connectivity index (χ1v) is 8.62. The molecular formula is C18H24N2O4. The van der Waals surface area contributed by atoms with Crippen LogP contribution in [0.4, 0.5) is 0 Å². The summed E-state index contributed by atoms with van der Waals surface area (Å²) in [5, 5.41) is 10.1. The van der Waals surface area contributed by atoms with Crippen LogP contribution in [0, 0.1) is 5.41 Å². The number of fused-ring (bicyclic) bond motifs is 3. The molecule has 0 spiro atoms. The standard InChI is InChI=1S/C18H24N2O4/c21-12-18-11-19(10-17(22)20-5-7-23-8-6-20)9-15(18)14-3-1-2-4-16(14)24-13-18/h1-4,15,21H,5-13H2/t15-,18-/m1/s1. The Kier molecular flexibility index (Phi) is 4.20. The number of aliphatic hydroxyl groups is 1. The molecule has 0 radical (unpaired) electrons. The zero-order valence-electron chi connectivity index (χ0n) is 13.8. The van der Waals surface area contributed by atoms with Crippen molar-refractivity contribution < 1.29 is 19.4 Å². The van der Waals surface area contributed by atoms with Crippen molar-refractivity contribution in [1.29, 1.82) is 0 Å². The lowest BCUT2D eigenvalue weighted by molar-refractivity contribution is -0.136. The van der Waals surface area contributed by atoms with Gasteiger partial charge in [-0.15, -0.1) is 0 Å². The number of nitrogens with zero attached hydrogens (tertiary/aromatic N) is 2. The van der Waals surface area contributed by atoms with Gasteiger partial charge >= 0.3 is 0 Å². The number of carbonyl (C=O) groups excluding carboxylic acids is 1. The Morgan fingerprint density at radius 3 is 2.88 bits per heavy atom. The predicted molar refractivity (Wildman–Crippen MR) is 88.0 cm³/mol. The number of amides is 1. The van der Waals surface area contributed by atoms with E-state index < -0.39 is 0 Å². The predicted octanol–water partition coefficient (Wildman–Crippen LogP) is 0.316. The van der Waals surface area contributed by atoms with E-state index in [4.69, 9.17) is 9.47 Å². The van der Waals surface area contributed by atoms with E-state index in [0.717, 1.165) is 17.9 Å². The first-order valence-electron chi connectivity index (χ1n) is 8.62. The fourth-order valence-electron chi connectivity index (χ4n) is 4.20. The zero-order chi connectivity index (χ0) is 16.6. The Bertz CT molecular complexity index is 617. The SMILES string of the molecule is O=C(CN1C[C@@H]2c3ccccc3OC[C@]2(CO)C1)N1CCOCC1. The van der Waals surface area contributed by atoms with Crippen LogP contribution in [0.2, 0.25) is 0 Å². The van der Waals surface area contributed by atoms with Crippen LogP contribution < -0.4 is 4.74 Å². The van der Waals surface area contributed by atoms with Gasteiger partial charge in [-0.1, -0.05) is 18.2 Å². The molecule has 3 aliphatic heterocycles. The fraction of sp³-hybridized carbons (Fsp3) is 0.611. The second-order valence-corrected chi connectivity index (χ2v) is 7.06. The van der Waals surface area contributed by atoms with Crippen LogP contribution in [0.1, 0.15) is 11.5 Å². The summed E-state index contributed by atoms with van der Waals surface area (Å²) in [5.41, 5.74) is 0.846. The van der Waals surface area contributed by atoms with Gasteiger partial charge in [0.1, 0.15) is 5.75 Å². The van der Waals surface area contributed by atoms with Gasteiger partial charge < -0.3 is 19.5 Å². The number of rotatable bonds is 3. The number of carbonyl (C=O) groups is 1. The lowest BCUT2D eigenvalue weighted by Gasteiger charge is -2.38. The van der Waals surface area contributed by atoms with E-state index in [1.54, 1.807) is 0 Å². The van der Waals surface area contributed by atoms with Gasteiger partial charge in [0.25, 0.3) is 0 Å². The van der Waals surface area contributed by atoms with Crippen LogP contribution >= 0.6 is 0 Å². The van der Waals surface area contributed by atoms with Crippen molar-refractivity contribution in [3.8, 4) is 5.75 Å². The number of hydrogen-bond donors (Lipinski definition) is 1. The molecule has 0 bridgehead atoms. The monoisotopic (exact) mass is 332 g/mol. The number of ether oxygens (including phenoxy) is 2. The maximum absolute atomic E-state index is 12.5. The highest BCUT2D eigenvalue weighted by Gasteiger charge is 2.51. The first-order chi connectivity index (χ1) is 11.7. The molecule has 6 heteroatoms. The highest BCUT2D eigenvalue weighted by Crippen LogP contribution is 2.49. The van der Waals surface area contributed by atoms with Gasteiger partial charge in [0.15, 0.2) is 0 Å². The van der Waals surface area contributed by atoms with Gasteiger partial charge in [0.2, 0.25) is 5.91 Å². The highest BCUT2D eigenvalue weighted by atomic mass is 16.5. The Balaban J connectivity index is 1.50. The normalized spacial score (nSPS) is 29.7. The summed E-state index contributed by atoms with van der Waals surface area (Å²) in [6.45, 7) is 5.06. The van der Waals surface area contributed by atoms with Gasteiger partial charge in [0, 0.05) is 37.5 Å². The Morgan fingerprint density at radius 2 is 2.08 bits per heavy atom. The Labute approximate surface area is 141 Å². The highest BCUT2D eigenvalue weighted by molar-refractivity contribution is 5.78. The summed E-state index contributed by atoms with van der Waals surface area (Å²) in [4.78, 5) is 16.6. The molecule has 1 aromatic carbocycles. The van der Waals surface area contributed by atoms with Gasteiger partial charge in [-0.2, -0.15) is 0 Å². The van der Waals surface area contributed by atoms with Crippen molar-refractivity contribution in [1.82, 2.24) is 9.80 Å². The van der Waals surface area contributed by atoms with Crippen LogP contribution in [-0.2, 0) is 9.53 Å². The van der Waals surface area contributed by atoms with Gasteiger partial charge in [-0.25, -0.2) is 0 Å². The second kappa shape index (κ2) is 6.35. The quantitative estimate of drug-likeness (QED) is 0.864. The number of morpholine rings is 1. The average molecular weight is 332 g/mol. The lowest BCUT2D eigenvalue weighted by Crippen LogP contribution is -2.46. The van der Waals surface area contributed by atoms with Crippen molar-refractivity contribution in [2.24, 2.45) is 5.41 Å². The van der Waals surface area contributed by atoms with E-state index in [1.165, 1.54) is 0 Å². The minimum atomic E-state index is -0.306. The summed E-state index contributed by atoms with van der Waals surface area (Å²) in [6, 6.07) is 8.05. The molecular weight excluding hydrogens is 308 g/mol. The van der Waals surface area contributed by atoms with Gasteiger partial charge in [-0.05, 0) is 11.6 Å². The lowest BCUT2D eigenvalue weighted by atomic mass is 9.74. The number of hydrogen-bond acceptors (Lipinski definition) is 5. The Morgan fingerprint density at radius 1 is 1.29 bits per heavy atom. The minimum Gasteiger partial charge on any atom is -0.493 e. The third kappa shape index (κ3) is 2.68. The molecule has 130 valence electrons. The molecule has 3 aliphatic rings.